The van der Waals surface area contributed by atoms with Gasteiger partial charge in [0, 0.05) is 45.1 Å². The quantitative estimate of drug-likeness (QED) is 0.218. The van der Waals surface area contributed by atoms with Crippen molar-refractivity contribution in [1.29, 1.82) is 0 Å². The molecule has 0 radical (unpaired) electrons. The molecule has 0 amide bonds. The van der Waals surface area contributed by atoms with Crippen molar-refractivity contribution in [2.45, 2.75) is 0 Å². The average molecular weight is 555 g/mol. The van der Waals surface area contributed by atoms with Crippen LogP contribution in [0, 0.1) is 0 Å². The first-order chi connectivity index (χ1) is 21.3. The van der Waals surface area contributed by atoms with Crippen LogP contribution in [0.1, 0.15) is 0 Å². The van der Waals surface area contributed by atoms with Crippen molar-refractivity contribution < 1.29 is 4.42 Å². The molecule has 7 nitrogen and oxygen atoms in total. The third kappa shape index (κ3) is 3.55. The van der Waals surface area contributed by atoms with E-state index in [4.69, 9.17) is 4.42 Å². The zero-order chi connectivity index (χ0) is 28.3. The van der Waals surface area contributed by atoms with Gasteiger partial charge in [-0.25, -0.2) is 0 Å². The number of rotatable bonds is 4. The predicted octanol–water partition coefficient (Wildman–Crippen LogP) is 8.39. The topological polar surface area (TPSA) is 74.6 Å². The normalized spacial score (nSPS) is 11.7. The molecule has 7 heteroatoms. The van der Waals surface area contributed by atoms with Gasteiger partial charge in [-0.15, -0.1) is 10.2 Å². The molecular weight excluding hydrogens is 532 g/mol. The molecule has 0 saturated heterocycles. The van der Waals surface area contributed by atoms with E-state index in [1.807, 2.05) is 42.7 Å². The minimum Gasteiger partial charge on any atom is -0.416 e. The van der Waals surface area contributed by atoms with Crippen LogP contribution in [0.2, 0.25) is 0 Å². The highest BCUT2D eigenvalue weighted by atomic mass is 16.4. The summed E-state index contributed by atoms with van der Waals surface area (Å²) in [6, 6.07) is 37.3. The molecule has 5 aromatic heterocycles. The van der Waals surface area contributed by atoms with Crippen molar-refractivity contribution in [2.75, 3.05) is 0 Å². The Morgan fingerprint density at radius 1 is 0.488 bits per heavy atom. The van der Waals surface area contributed by atoms with Crippen LogP contribution in [0.5, 0.6) is 0 Å². The SMILES string of the molecule is c1cncc(-n2c3ccccc3c3cc(-c4nnc(-c5cccc6c5c5ccccc5n6-c5cccnc5)o4)ccc32)c1. The smallest absolute Gasteiger partial charge is 0.248 e. The van der Waals surface area contributed by atoms with Crippen molar-refractivity contribution in [3.63, 3.8) is 0 Å². The fourth-order valence-corrected chi connectivity index (χ4v) is 6.28. The average Bonchev–Trinajstić information content (AvgIpc) is 3.78. The van der Waals surface area contributed by atoms with E-state index in [1.54, 1.807) is 12.4 Å². The van der Waals surface area contributed by atoms with Crippen molar-refractivity contribution in [1.82, 2.24) is 29.3 Å². The maximum absolute atomic E-state index is 6.42. The summed E-state index contributed by atoms with van der Waals surface area (Å²) >= 11 is 0. The second kappa shape index (κ2) is 9.22. The Morgan fingerprint density at radius 3 is 1.86 bits per heavy atom. The molecule has 0 aliphatic rings. The summed E-state index contributed by atoms with van der Waals surface area (Å²) in [7, 11) is 0. The van der Waals surface area contributed by atoms with Gasteiger partial charge >= 0.3 is 0 Å². The standard InChI is InChI=1S/C36H22N6O/c1-3-13-30-26(10-1)29-20-23(16-17-32(29)41(30)24-8-6-18-37-21-24)35-39-40-36(43-35)28-12-5-15-33-34(28)27-11-2-4-14-31(27)42(33)25-9-7-19-38-22-25/h1-22H. The number of benzene rings is 4. The van der Waals surface area contributed by atoms with Crippen molar-refractivity contribution in [3.8, 4) is 34.3 Å². The van der Waals surface area contributed by atoms with Crippen LogP contribution in [0.25, 0.3) is 77.9 Å². The summed E-state index contributed by atoms with van der Waals surface area (Å²) in [4.78, 5) is 8.72. The highest BCUT2D eigenvalue weighted by molar-refractivity contribution is 6.15. The summed E-state index contributed by atoms with van der Waals surface area (Å²) in [6.45, 7) is 0. The van der Waals surface area contributed by atoms with Gasteiger partial charge in [0.05, 0.1) is 45.8 Å². The lowest BCUT2D eigenvalue weighted by molar-refractivity contribution is 0.585. The molecule has 0 unspecified atom stereocenters. The molecule has 9 aromatic rings. The summed E-state index contributed by atoms with van der Waals surface area (Å²) in [5.41, 5.74) is 8.12. The second-order valence-electron chi connectivity index (χ2n) is 10.5. The predicted molar refractivity (Wildman–Crippen MR) is 169 cm³/mol. The molecule has 4 aromatic carbocycles. The van der Waals surface area contributed by atoms with E-state index >= 15 is 0 Å². The van der Waals surface area contributed by atoms with Gasteiger partial charge in [-0.05, 0) is 66.7 Å². The molecular formula is C36H22N6O. The van der Waals surface area contributed by atoms with Crippen LogP contribution in [0.4, 0.5) is 0 Å². The Kier molecular flexibility index (Phi) is 5.06. The summed E-state index contributed by atoms with van der Waals surface area (Å²) in [5, 5.41) is 13.5. The number of fused-ring (bicyclic) bond motifs is 6. The van der Waals surface area contributed by atoms with Crippen LogP contribution in [-0.2, 0) is 0 Å². The number of nitrogens with zero attached hydrogens (tertiary/aromatic N) is 6. The first-order valence-corrected chi connectivity index (χ1v) is 14.1. The van der Waals surface area contributed by atoms with Crippen LogP contribution < -0.4 is 0 Å². The number of hydrogen-bond acceptors (Lipinski definition) is 5. The van der Waals surface area contributed by atoms with Gasteiger partial charge in [0.15, 0.2) is 0 Å². The second-order valence-corrected chi connectivity index (χ2v) is 10.5. The lowest BCUT2D eigenvalue weighted by atomic mass is 10.1. The van der Waals surface area contributed by atoms with E-state index in [-0.39, 0.29) is 0 Å². The Balaban J connectivity index is 1.21. The van der Waals surface area contributed by atoms with Gasteiger partial charge in [0.1, 0.15) is 0 Å². The Bertz CT molecular complexity index is 2460. The van der Waals surface area contributed by atoms with E-state index in [9.17, 15) is 0 Å². The number of para-hydroxylation sites is 2. The monoisotopic (exact) mass is 554 g/mol. The largest absolute Gasteiger partial charge is 0.416 e. The van der Waals surface area contributed by atoms with Crippen molar-refractivity contribution in [2.24, 2.45) is 0 Å². The summed E-state index contributed by atoms with van der Waals surface area (Å²) in [5.74, 6) is 0.954. The van der Waals surface area contributed by atoms with Gasteiger partial charge in [-0.3, -0.25) is 9.97 Å². The molecule has 0 atom stereocenters. The minimum atomic E-state index is 0.475. The van der Waals surface area contributed by atoms with Crippen molar-refractivity contribution in [3.05, 3.63) is 134 Å². The fraction of sp³-hybridized carbons (Fsp3) is 0. The molecule has 0 fully saturated rings. The van der Waals surface area contributed by atoms with Crippen LogP contribution >= 0.6 is 0 Å². The van der Waals surface area contributed by atoms with Crippen LogP contribution in [0.15, 0.2) is 138 Å². The lowest BCUT2D eigenvalue weighted by Gasteiger charge is -2.07. The Morgan fingerprint density at radius 2 is 1.12 bits per heavy atom. The molecule has 0 aliphatic carbocycles. The van der Waals surface area contributed by atoms with Gasteiger partial charge < -0.3 is 13.6 Å². The first-order valence-electron chi connectivity index (χ1n) is 14.1. The molecule has 0 spiro atoms. The molecule has 0 N–H and O–H groups in total. The third-order valence-electron chi connectivity index (χ3n) is 8.08. The Hall–Kier alpha value is -6.08. The van der Waals surface area contributed by atoms with E-state index in [0.717, 1.165) is 66.1 Å². The van der Waals surface area contributed by atoms with E-state index in [2.05, 4.69) is 108 Å². The molecule has 202 valence electrons. The molecule has 9 rings (SSSR count). The molecule has 5 heterocycles. The van der Waals surface area contributed by atoms with E-state index in [1.165, 1.54) is 0 Å². The molecule has 43 heavy (non-hydrogen) atoms. The molecule has 0 bridgehead atoms. The van der Waals surface area contributed by atoms with E-state index < -0.39 is 0 Å². The van der Waals surface area contributed by atoms with Crippen LogP contribution in [0.3, 0.4) is 0 Å². The van der Waals surface area contributed by atoms with Gasteiger partial charge in [-0.2, -0.15) is 0 Å². The first kappa shape index (κ1) is 23.6. The van der Waals surface area contributed by atoms with Gasteiger partial charge in [0.2, 0.25) is 11.8 Å². The van der Waals surface area contributed by atoms with Gasteiger partial charge in [0.25, 0.3) is 0 Å². The molecule has 0 saturated carbocycles. The zero-order valence-corrected chi connectivity index (χ0v) is 22.8. The van der Waals surface area contributed by atoms with Crippen LogP contribution in [-0.4, -0.2) is 29.3 Å². The number of aromatic nitrogens is 6. The minimum absolute atomic E-state index is 0.475. The maximum Gasteiger partial charge on any atom is 0.248 e. The molecule has 0 aliphatic heterocycles. The zero-order valence-electron chi connectivity index (χ0n) is 22.8. The maximum atomic E-state index is 6.42. The summed E-state index contributed by atoms with van der Waals surface area (Å²) in [6.07, 6.45) is 7.34. The number of pyridine rings is 2. The Labute approximate surface area is 245 Å². The highest BCUT2D eigenvalue weighted by Gasteiger charge is 2.20. The number of hydrogen-bond donors (Lipinski definition) is 0. The lowest BCUT2D eigenvalue weighted by Crippen LogP contribution is -1.94. The van der Waals surface area contributed by atoms with Crippen molar-refractivity contribution >= 4 is 43.6 Å². The third-order valence-corrected chi connectivity index (χ3v) is 8.08. The highest BCUT2D eigenvalue weighted by Crippen LogP contribution is 2.39. The van der Waals surface area contributed by atoms with Gasteiger partial charge in [-0.1, -0.05) is 42.5 Å². The fourth-order valence-electron chi connectivity index (χ4n) is 6.28. The summed E-state index contributed by atoms with van der Waals surface area (Å²) < 4.78 is 10.9. The van der Waals surface area contributed by atoms with E-state index in [0.29, 0.717) is 11.8 Å².